The third-order valence-electron chi connectivity index (χ3n) is 3.83. The first-order valence-corrected chi connectivity index (χ1v) is 9.25. The molecule has 2 nitrogen and oxygen atoms in total. The fourth-order valence-corrected chi connectivity index (χ4v) is 3.89. The normalized spacial score (nSPS) is 21.2. The molecule has 4 heteroatoms. The van der Waals surface area contributed by atoms with Gasteiger partial charge in [0.15, 0.2) is 0 Å². The highest BCUT2D eigenvalue weighted by atomic mass is 32.2. The van der Waals surface area contributed by atoms with Gasteiger partial charge in [-0.15, -0.1) is 0 Å². The van der Waals surface area contributed by atoms with E-state index in [1.165, 1.54) is 42.8 Å². The second kappa shape index (κ2) is 8.30. The minimum atomic E-state index is 0.501. The smallest absolute Gasteiger partial charge is 0.0404 e. The summed E-state index contributed by atoms with van der Waals surface area (Å²) in [6.45, 7) is 3.36. The van der Waals surface area contributed by atoms with E-state index in [1.807, 2.05) is 11.8 Å². The molecule has 2 rings (SSSR count). The number of likely N-dealkylation sites (tertiary alicyclic amines) is 1. The zero-order valence-electron chi connectivity index (χ0n) is 12.6. The van der Waals surface area contributed by atoms with E-state index in [-0.39, 0.29) is 0 Å². The Morgan fingerprint density at radius 2 is 2.35 bits per heavy atom. The van der Waals surface area contributed by atoms with Crippen molar-refractivity contribution >= 4 is 24.4 Å². The molecule has 0 aromatic carbocycles. The highest BCUT2D eigenvalue weighted by Crippen LogP contribution is 2.29. The van der Waals surface area contributed by atoms with E-state index < -0.39 is 0 Å². The summed E-state index contributed by atoms with van der Waals surface area (Å²) in [5.74, 6) is 2.35. The monoisotopic (exact) mass is 310 g/mol. The number of thiol groups is 1. The Labute approximate surface area is 133 Å². The van der Waals surface area contributed by atoms with Gasteiger partial charge in [0, 0.05) is 28.9 Å². The molecule has 0 saturated carbocycles. The third kappa shape index (κ3) is 4.97. The summed E-state index contributed by atoms with van der Waals surface area (Å²) < 4.78 is 0. The van der Waals surface area contributed by atoms with E-state index in [0.29, 0.717) is 11.3 Å². The summed E-state index contributed by atoms with van der Waals surface area (Å²) in [7, 11) is 2.21. The van der Waals surface area contributed by atoms with Crippen LogP contribution in [0.1, 0.15) is 43.5 Å². The molecule has 0 aliphatic carbocycles. The number of thioether (sulfide) groups is 1. The quantitative estimate of drug-likeness (QED) is 0.609. The number of aromatic nitrogens is 1. The van der Waals surface area contributed by atoms with Crippen molar-refractivity contribution in [3.8, 4) is 0 Å². The first-order valence-electron chi connectivity index (χ1n) is 7.57. The molecule has 20 heavy (non-hydrogen) atoms. The molecule has 112 valence electrons. The van der Waals surface area contributed by atoms with Crippen LogP contribution in [0.25, 0.3) is 0 Å². The molecule has 1 fully saturated rings. The highest BCUT2D eigenvalue weighted by molar-refractivity contribution is 8.00. The fourth-order valence-electron chi connectivity index (χ4n) is 2.72. The Bertz CT molecular complexity index is 392. The Kier molecular flexibility index (Phi) is 6.72. The molecule has 1 aromatic rings. The van der Waals surface area contributed by atoms with Gasteiger partial charge in [-0.1, -0.05) is 13.0 Å². The van der Waals surface area contributed by atoms with Gasteiger partial charge in [-0.25, -0.2) is 0 Å². The Morgan fingerprint density at radius 1 is 1.50 bits per heavy atom. The van der Waals surface area contributed by atoms with E-state index in [2.05, 4.69) is 54.8 Å². The number of rotatable bonds is 7. The number of hydrogen-bond acceptors (Lipinski definition) is 4. The topological polar surface area (TPSA) is 16.1 Å². The van der Waals surface area contributed by atoms with Crippen molar-refractivity contribution in [2.75, 3.05) is 25.1 Å². The standard InChI is InChI=1S/C16H26N2S2/c1-13(19)12-20-10-4-5-15-8-7-14(11-17-15)16-6-3-9-18(16)2/h7-8,11,13,16,19H,3-6,9-10,12H2,1-2H3. The Balaban J connectivity index is 1.74. The van der Waals surface area contributed by atoms with Gasteiger partial charge in [0.25, 0.3) is 0 Å². The second-order valence-electron chi connectivity index (χ2n) is 5.75. The van der Waals surface area contributed by atoms with Crippen LogP contribution in [-0.2, 0) is 6.42 Å². The van der Waals surface area contributed by atoms with Crippen LogP contribution in [0.2, 0.25) is 0 Å². The van der Waals surface area contributed by atoms with E-state index in [0.717, 1.165) is 12.2 Å². The number of aryl methyl sites for hydroxylation is 1. The van der Waals surface area contributed by atoms with E-state index in [4.69, 9.17) is 0 Å². The fraction of sp³-hybridized carbons (Fsp3) is 0.688. The SMILES string of the molecule is CC(S)CSCCCc1ccc(C2CCCN2C)cn1. The second-order valence-corrected chi connectivity index (χ2v) is 7.78. The number of nitrogens with zero attached hydrogens (tertiary/aromatic N) is 2. The molecule has 1 aliphatic rings. The summed E-state index contributed by atoms with van der Waals surface area (Å²) in [4.78, 5) is 7.08. The van der Waals surface area contributed by atoms with Crippen LogP contribution < -0.4 is 0 Å². The van der Waals surface area contributed by atoms with Crippen molar-refractivity contribution < 1.29 is 0 Å². The van der Waals surface area contributed by atoms with E-state index in [1.54, 1.807) is 0 Å². The van der Waals surface area contributed by atoms with E-state index in [9.17, 15) is 0 Å². The number of hydrogen-bond donors (Lipinski definition) is 1. The maximum atomic E-state index is 4.64. The zero-order valence-corrected chi connectivity index (χ0v) is 14.3. The molecule has 1 saturated heterocycles. The van der Waals surface area contributed by atoms with Crippen molar-refractivity contribution in [1.82, 2.24) is 9.88 Å². The van der Waals surface area contributed by atoms with Gasteiger partial charge < -0.3 is 0 Å². The average molecular weight is 311 g/mol. The van der Waals surface area contributed by atoms with Crippen LogP contribution in [0.3, 0.4) is 0 Å². The molecule has 2 unspecified atom stereocenters. The van der Waals surface area contributed by atoms with Gasteiger partial charge in [-0.05, 0) is 56.7 Å². The average Bonchev–Trinajstić information content (AvgIpc) is 2.85. The predicted molar refractivity (Wildman–Crippen MR) is 92.9 cm³/mol. The molecule has 0 amide bonds. The molecule has 2 heterocycles. The molecule has 0 radical (unpaired) electrons. The molecular weight excluding hydrogens is 284 g/mol. The third-order valence-corrected chi connectivity index (χ3v) is 5.58. The van der Waals surface area contributed by atoms with Crippen LogP contribution in [0, 0.1) is 0 Å². The Morgan fingerprint density at radius 3 is 2.95 bits per heavy atom. The van der Waals surface area contributed by atoms with Crippen molar-refractivity contribution in [3.05, 3.63) is 29.6 Å². The first-order chi connectivity index (χ1) is 9.66. The summed E-state index contributed by atoms with van der Waals surface area (Å²) in [6, 6.07) is 5.08. The van der Waals surface area contributed by atoms with Gasteiger partial charge in [-0.3, -0.25) is 9.88 Å². The van der Waals surface area contributed by atoms with Crippen molar-refractivity contribution in [3.63, 3.8) is 0 Å². The van der Waals surface area contributed by atoms with Crippen LogP contribution in [0.4, 0.5) is 0 Å². The zero-order chi connectivity index (χ0) is 14.4. The van der Waals surface area contributed by atoms with Crippen molar-refractivity contribution in [2.24, 2.45) is 0 Å². The maximum absolute atomic E-state index is 4.64. The Hall–Kier alpha value is -0.190. The van der Waals surface area contributed by atoms with Crippen LogP contribution in [-0.4, -0.2) is 40.2 Å². The lowest BCUT2D eigenvalue weighted by Crippen LogP contribution is -2.17. The molecular formula is C16H26N2S2. The minimum absolute atomic E-state index is 0.501. The van der Waals surface area contributed by atoms with Gasteiger partial charge in [0.05, 0.1) is 0 Å². The summed E-state index contributed by atoms with van der Waals surface area (Å²) in [5, 5.41) is 0.501. The summed E-state index contributed by atoms with van der Waals surface area (Å²) in [5.41, 5.74) is 2.61. The molecule has 0 N–H and O–H groups in total. The van der Waals surface area contributed by atoms with Crippen LogP contribution >= 0.6 is 24.4 Å². The van der Waals surface area contributed by atoms with Gasteiger partial charge in [0.1, 0.15) is 0 Å². The lowest BCUT2D eigenvalue weighted by atomic mass is 10.1. The highest BCUT2D eigenvalue weighted by Gasteiger charge is 2.22. The maximum Gasteiger partial charge on any atom is 0.0404 e. The predicted octanol–water partition coefficient (Wildman–Crippen LogP) is 3.83. The van der Waals surface area contributed by atoms with Crippen molar-refractivity contribution in [2.45, 2.75) is 43.9 Å². The number of pyridine rings is 1. The molecule has 2 atom stereocenters. The molecule has 1 aliphatic heterocycles. The molecule has 0 spiro atoms. The van der Waals surface area contributed by atoms with Gasteiger partial charge >= 0.3 is 0 Å². The lowest BCUT2D eigenvalue weighted by molar-refractivity contribution is 0.317. The van der Waals surface area contributed by atoms with Crippen LogP contribution in [0.15, 0.2) is 18.3 Å². The largest absolute Gasteiger partial charge is 0.299 e. The van der Waals surface area contributed by atoms with E-state index >= 15 is 0 Å². The van der Waals surface area contributed by atoms with Crippen LogP contribution in [0.5, 0.6) is 0 Å². The van der Waals surface area contributed by atoms with Gasteiger partial charge in [0.2, 0.25) is 0 Å². The molecule has 0 bridgehead atoms. The molecule has 1 aromatic heterocycles. The summed E-state index contributed by atoms with van der Waals surface area (Å²) in [6.07, 6.45) is 6.97. The van der Waals surface area contributed by atoms with Crippen molar-refractivity contribution in [1.29, 1.82) is 0 Å². The minimum Gasteiger partial charge on any atom is -0.299 e. The lowest BCUT2D eigenvalue weighted by Gasteiger charge is -2.19. The summed E-state index contributed by atoms with van der Waals surface area (Å²) >= 11 is 6.39. The van der Waals surface area contributed by atoms with Gasteiger partial charge in [-0.2, -0.15) is 24.4 Å². The first kappa shape index (κ1) is 16.2.